The first kappa shape index (κ1) is 30.6. The van der Waals surface area contributed by atoms with Gasteiger partial charge < -0.3 is 26.4 Å². The number of ether oxygens (including phenoxy) is 1. The number of thioether (sulfide) groups is 1. The van der Waals surface area contributed by atoms with Crippen LogP contribution < -0.4 is 26.4 Å². The summed E-state index contributed by atoms with van der Waals surface area (Å²) in [7, 11) is 0. The first-order valence-corrected chi connectivity index (χ1v) is 14.3. The zero-order valence-corrected chi connectivity index (χ0v) is 24.1. The lowest BCUT2D eigenvalue weighted by molar-refractivity contribution is -0.114. The normalized spacial score (nSPS) is 10.9. The third kappa shape index (κ3) is 9.07. The molecule has 0 aromatic heterocycles. The Morgan fingerprint density at radius 2 is 1.40 bits per heavy atom. The molecule has 10 heteroatoms. The second-order valence-electron chi connectivity index (χ2n) is 9.11. The van der Waals surface area contributed by atoms with Crippen LogP contribution in [-0.4, -0.2) is 36.0 Å². The van der Waals surface area contributed by atoms with Gasteiger partial charge in [0.2, 0.25) is 11.8 Å². The highest BCUT2D eigenvalue weighted by Gasteiger charge is 2.16. The fourth-order valence-corrected chi connectivity index (χ4v) is 4.58. The number of benzene rings is 4. The quantitative estimate of drug-likeness (QED) is 0.129. The van der Waals surface area contributed by atoms with Crippen molar-refractivity contribution in [2.75, 3.05) is 23.0 Å². The maximum Gasteiger partial charge on any atom is 0.272 e. The molecule has 0 aliphatic heterocycles. The number of rotatable bonds is 12. The summed E-state index contributed by atoms with van der Waals surface area (Å²) < 4.78 is 5.69. The van der Waals surface area contributed by atoms with Crippen LogP contribution in [0.15, 0.2) is 114 Å². The number of para-hydroxylation sites is 1. The Kier molecular flexibility index (Phi) is 10.7. The highest BCUT2D eigenvalue weighted by molar-refractivity contribution is 8.00. The van der Waals surface area contributed by atoms with Gasteiger partial charge in [-0.05, 0) is 79.7 Å². The van der Waals surface area contributed by atoms with Crippen LogP contribution in [-0.2, 0) is 9.59 Å². The number of carbonyl (C=O) groups is 4. The molecule has 0 heterocycles. The van der Waals surface area contributed by atoms with E-state index in [2.05, 4.69) is 16.0 Å². The van der Waals surface area contributed by atoms with Gasteiger partial charge in [0, 0.05) is 33.0 Å². The van der Waals surface area contributed by atoms with E-state index in [4.69, 9.17) is 10.5 Å². The molecule has 4 aromatic rings. The molecule has 0 radical (unpaired) electrons. The van der Waals surface area contributed by atoms with Gasteiger partial charge in [0.15, 0.2) is 0 Å². The van der Waals surface area contributed by atoms with Gasteiger partial charge in [-0.3, -0.25) is 19.2 Å². The molecular formula is C33H30N4O5S. The van der Waals surface area contributed by atoms with E-state index in [1.54, 1.807) is 97.1 Å². The first-order chi connectivity index (χ1) is 20.8. The van der Waals surface area contributed by atoms with Crippen molar-refractivity contribution in [1.29, 1.82) is 0 Å². The summed E-state index contributed by atoms with van der Waals surface area (Å²) in [5.74, 6) is -0.963. The fourth-order valence-electron chi connectivity index (χ4n) is 3.88. The standard InChI is InChI=1S/C33H30N4O5S/c1-2-42-29-11-7-6-10-24(29)20-28(37-32(40)23-8-4-3-5-9-23)33(41)36-26-16-18-27(19-17-26)43-21-30(38)35-25-14-12-22(13-15-25)31(34)39/h3-20H,2,21H2,1H3,(H2,34,39)(H,35,38)(H,36,41)(H,37,40)/b28-20-. The largest absolute Gasteiger partial charge is 0.493 e. The summed E-state index contributed by atoms with van der Waals surface area (Å²) in [6.07, 6.45) is 1.57. The van der Waals surface area contributed by atoms with Crippen molar-refractivity contribution in [2.45, 2.75) is 11.8 Å². The van der Waals surface area contributed by atoms with Crippen molar-refractivity contribution in [3.63, 3.8) is 0 Å². The van der Waals surface area contributed by atoms with Crippen molar-refractivity contribution in [1.82, 2.24) is 5.32 Å². The zero-order chi connectivity index (χ0) is 30.6. The smallest absolute Gasteiger partial charge is 0.272 e. The molecule has 0 unspecified atom stereocenters. The minimum absolute atomic E-state index is 0.0417. The zero-order valence-electron chi connectivity index (χ0n) is 23.3. The highest BCUT2D eigenvalue weighted by Crippen LogP contribution is 2.23. The van der Waals surface area contributed by atoms with Gasteiger partial charge in [0.1, 0.15) is 11.4 Å². The lowest BCUT2D eigenvalue weighted by atomic mass is 10.1. The Balaban J connectivity index is 1.41. The Labute approximate surface area is 253 Å². The van der Waals surface area contributed by atoms with E-state index in [-0.39, 0.29) is 17.4 Å². The maximum absolute atomic E-state index is 13.4. The van der Waals surface area contributed by atoms with Crippen molar-refractivity contribution in [2.24, 2.45) is 5.73 Å². The van der Waals surface area contributed by atoms with Gasteiger partial charge in [-0.15, -0.1) is 11.8 Å². The van der Waals surface area contributed by atoms with Gasteiger partial charge in [-0.2, -0.15) is 0 Å². The third-order valence-electron chi connectivity index (χ3n) is 5.98. The third-order valence-corrected chi connectivity index (χ3v) is 6.99. The van der Waals surface area contributed by atoms with Crippen LogP contribution in [0.1, 0.15) is 33.2 Å². The average Bonchev–Trinajstić information content (AvgIpc) is 3.02. The summed E-state index contributed by atoms with van der Waals surface area (Å²) in [4.78, 5) is 50.7. The van der Waals surface area contributed by atoms with Gasteiger partial charge in [-0.1, -0.05) is 36.4 Å². The van der Waals surface area contributed by atoms with Crippen LogP contribution in [0, 0.1) is 0 Å². The predicted molar refractivity (Wildman–Crippen MR) is 169 cm³/mol. The molecule has 9 nitrogen and oxygen atoms in total. The molecule has 5 N–H and O–H groups in total. The van der Waals surface area contributed by atoms with E-state index < -0.39 is 17.7 Å². The molecular weight excluding hydrogens is 564 g/mol. The molecule has 0 saturated heterocycles. The molecule has 0 aliphatic rings. The molecule has 4 rings (SSSR count). The summed E-state index contributed by atoms with van der Waals surface area (Å²) in [5.41, 5.74) is 7.75. The van der Waals surface area contributed by atoms with Crippen LogP contribution in [0.25, 0.3) is 6.08 Å². The second kappa shape index (κ2) is 15.0. The molecule has 0 fully saturated rings. The van der Waals surface area contributed by atoms with Crippen LogP contribution in [0.4, 0.5) is 11.4 Å². The second-order valence-corrected chi connectivity index (χ2v) is 10.2. The SMILES string of the molecule is CCOc1ccccc1/C=C(\NC(=O)c1ccccc1)C(=O)Nc1ccc(SCC(=O)Nc2ccc(C(N)=O)cc2)cc1. The van der Waals surface area contributed by atoms with Crippen molar-refractivity contribution >= 4 is 52.8 Å². The van der Waals surface area contributed by atoms with E-state index >= 15 is 0 Å². The van der Waals surface area contributed by atoms with Gasteiger partial charge in [-0.25, -0.2) is 0 Å². The van der Waals surface area contributed by atoms with E-state index in [1.165, 1.54) is 11.8 Å². The molecule has 0 bridgehead atoms. The topological polar surface area (TPSA) is 140 Å². The van der Waals surface area contributed by atoms with E-state index in [0.717, 1.165) is 4.90 Å². The minimum atomic E-state index is -0.538. The number of nitrogens with two attached hydrogens (primary N) is 1. The molecule has 218 valence electrons. The number of nitrogens with one attached hydrogen (secondary N) is 3. The monoisotopic (exact) mass is 594 g/mol. The highest BCUT2D eigenvalue weighted by atomic mass is 32.2. The van der Waals surface area contributed by atoms with E-state index in [0.29, 0.717) is 40.4 Å². The fraction of sp³-hybridized carbons (Fsp3) is 0.0909. The molecule has 0 spiro atoms. The van der Waals surface area contributed by atoms with E-state index in [1.807, 2.05) is 19.1 Å². The van der Waals surface area contributed by atoms with E-state index in [9.17, 15) is 19.2 Å². The molecule has 0 aliphatic carbocycles. The van der Waals surface area contributed by atoms with Crippen molar-refractivity contribution < 1.29 is 23.9 Å². The first-order valence-electron chi connectivity index (χ1n) is 13.4. The number of primary amides is 1. The maximum atomic E-state index is 13.4. The Bertz CT molecular complexity index is 1620. The van der Waals surface area contributed by atoms with Gasteiger partial charge in [0.25, 0.3) is 11.8 Å². The Morgan fingerprint density at radius 3 is 2.07 bits per heavy atom. The van der Waals surface area contributed by atoms with Crippen molar-refractivity contribution in [3.05, 3.63) is 126 Å². The predicted octanol–water partition coefficient (Wildman–Crippen LogP) is 5.32. The van der Waals surface area contributed by atoms with Crippen molar-refractivity contribution in [3.8, 4) is 5.75 Å². The molecule has 4 amide bonds. The minimum Gasteiger partial charge on any atom is -0.493 e. The van der Waals surface area contributed by atoms with Crippen LogP contribution >= 0.6 is 11.8 Å². The summed E-state index contributed by atoms with van der Waals surface area (Å²) in [6, 6.07) is 29.2. The number of anilines is 2. The van der Waals surface area contributed by atoms with Crippen LogP contribution in [0.5, 0.6) is 5.75 Å². The summed E-state index contributed by atoms with van der Waals surface area (Å²) in [6.45, 7) is 2.31. The van der Waals surface area contributed by atoms with Gasteiger partial charge >= 0.3 is 0 Å². The number of hydrogen-bond acceptors (Lipinski definition) is 6. The average molecular weight is 595 g/mol. The van der Waals surface area contributed by atoms with Crippen LogP contribution in [0.2, 0.25) is 0 Å². The summed E-state index contributed by atoms with van der Waals surface area (Å²) >= 11 is 1.32. The van der Waals surface area contributed by atoms with Crippen LogP contribution in [0.3, 0.4) is 0 Å². The number of amides is 4. The molecule has 0 saturated carbocycles. The molecule has 43 heavy (non-hydrogen) atoms. The Morgan fingerprint density at radius 1 is 0.767 bits per heavy atom. The van der Waals surface area contributed by atoms with Gasteiger partial charge in [0.05, 0.1) is 12.4 Å². The Hall–Kier alpha value is -5.35. The lowest BCUT2D eigenvalue weighted by Gasteiger charge is -2.13. The summed E-state index contributed by atoms with van der Waals surface area (Å²) in [5, 5.41) is 8.32. The lowest BCUT2D eigenvalue weighted by Crippen LogP contribution is -2.30. The number of carbonyl (C=O) groups excluding carboxylic acids is 4. The molecule has 4 aromatic carbocycles. The number of hydrogen-bond donors (Lipinski definition) is 4. The molecule has 0 atom stereocenters.